The Morgan fingerprint density at radius 3 is 2.94 bits per heavy atom. The van der Waals surface area contributed by atoms with Crippen LogP contribution in [-0.2, 0) is 0 Å². The maximum atomic E-state index is 13.5. The molecule has 1 aliphatic rings. The van der Waals surface area contributed by atoms with E-state index in [1.807, 2.05) is 6.92 Å². The Balaban J connectivity index is 2.42. The molecule has 0 fully saturated rings. The van der Waals surface area contributed by atoms with E-state index in [1.165, 1.54) is 12.1 Å². The molecule has 1 amide bonds. The van der Waals surface area contributed by atoms with E-state index in [1.54, 1.807) is 13.0 Å². The Bertz CT molecular complexity index is 433. The van der Waals surface area contributed by atoms with Crippen molar-refractivity contribution in [2.24, 2.45) is 0 Å². The third-order valence-electron chi connectivity index (χ3n) is 2.64. The van der Waals surface area contributed by atoms with Crippen LogP contribution in [0.1, 0.15) is 37.0 Å². The van der Waals surface area contributed by atoms with Crippen molar-refractivity contribution in [1.29, 1.82) is 0 Å². The highest BCUT2D eigenvalue weighted by Crippen LogP contribution is 2.31. The second-order valence-electron chi connectivity index (χ2n) is 4.15. The fourth-order valence-corrected chi connectivity index (χ4v) is 1.94. The monoisotopic (exact) mass is 223 g/mol. The van der Waals surface area contributed by atoms with Gasteiger partial charge in [0.1, 0.15) is 0 Å². The van der Waals surface area contributed by atoms with Gasteiger partial charge in [-0.1, -0.05) is 19.4 Å². The summed E-state index contributed by atoms with van der Waals surface area (Å²) >= 11 is 0. The molecule has 0 radical (unpaired) electrons. The fourth-order valence-electron chi connectivity index (χ4n) is 1.94. The molecule has 1 aromatic rings. The lowest BCUT2D eigenvalue weighted by molar-refractivity contribution is 0.0222. The lowest BCUT2D eigenvalue weighted by atomic mass is 10.0. The molecule has 0 saturated carbocycles. The van der Waals surface area contributed by atoms with Crippen molar-refractivity contribution in [2.75, 3.05) is 0 Å². The van der Waals surface area contributed by atoms with Gasteiger partial charge in [-0.25, -0.2) is 4.39 Å². The number of benzene rings is 1. The number of ether oxygens (including phenoxy) is 1. The Labute approximate surface area is 93.6 Å². The number of amides is 1. The van der Waals surface area contributed by atoms with E-state index in [-0.39, 0.29) is 17.2 Å². The van der Waals surface area contributed by atoms with E-state index in [9.17, 15) is 9.18 Å². The highest BCUT2D eigenvalue weighted by atomic mass is 19.1. The third kappa shape index (κ3) is 1.75. The predicted octanol–water partition coefficient (Wildman–Crippen LogP) is 2.46. The minimum atomic E-state index is -0.805. The highest BCUT2D eigenvalue weighted by Gasteiger charge is 2.36. The first-order chi connectivity index (χ1) is 7.56. The molecule has 0 spiro atoms. The van der Waals surface area contributed by atoms with Crippen LogP contribution in [0.15, 0.2) is 18.2 Å². The molecule has 0 aromatic heterocycles. The van der Waals surface area contributed by atoms with Gasteiger partial charge in [-0.3, -0.25) is 4.79 Å². The van der Waals surface area contributed by atoms with Crippen LogP contribution in [0.4, 0.5) is 4.39 Å². The van der Waals surface area contributed by atoms with E-state index in [0.717, 1.165) is 6.42 Å². The quantitative estimate of drug-likeness (QED) is 0.836. The molecule has 3 nitrogen and oxygen atoms in total. The van der Waals surface area contributed by atoms with E-state index in [4.69, 9.17) is 4.74 Å². The number of nitrogens with one attached hydrogen (secondary N) is 1. The van der Waals surface area contributed by atoms with E-state index in [0.29, 0.717) is 6.42 Å². The Morgan fingerprint density at radius 2 is 2.25 bits per heavy atom. The molecule has 4 heteroatoms. The molecular formula is C12H14FNO2. The predicted molar refractivity (Wildman–Crippen MR) is 57.8 cm³/mol. The molecular weight excluding hydrogens is 209 g/mol. The molecule has 1 aliphatic heterocycles. The zero-order valence-corrected chi connectivity index (χ0v) is 9.34. The van der Waals surface area contributed by atoms with Crippen LogP contribution in [0.2, 0.25) is 0 Å². The van der Waals surface area contributed by atoms with Gasteiger partial charge >= 0.3 is 0 Å². The normalized spacial score (nSPS) is 23.3. The molecule has 1 atom stereocenters. The van der Waals surface area contributed by atoms with Crippen LogP contribution in [0.25, 0.3) is 0 Å². The van der Waals surface area contributed by atoms with Crippen molar-refractivity contribution in [1.82, 2.24) is 5.32 Å². The average molecular weight is 223 g/mol. The van der Waals surface area contributed by atoms with Crippen molar-refractivity contribution in [3.05, 3.63) is 29.6 Å². The first-order valence-electron chi connectivity index (χ1n) is 5.36. The van der Waals surface area contributed by atoms with Crippen LogP contribution in [-0.4, -0.2) is 11.6 Å². The molecule has 0 saturated heterocycles. The van der Waals surface area contributed by atoms with Gasteiger partial charge in [0.15, 0.2) is 17.3 Å². The summed E-state index contributed by atoms with van der Waals surface area (Å²) in [4.78, 5) is 11.8. The van der Waals surface area contributed by atoms with Gasteiger partial charge in [-0.15, -0.1) is 0 Å². The summed E-state index contributed by atoms with van der Waals surface area (Å²) in [5, 5.41) is 2.75. The number of hydrogen-bond donors (Lipinski definition) is 1. The van der Waals surface area contributed by atoms with Gasteiger partial charge in [-0.05, 0) is 19.1 Å². The molecule has 86 valence electrons. The van der Waals surface area contributed by atoms with Gasteiger partial charge in [0.25, 0.3) is 5.91 Å². The number of carbonyl (C=O) groups excluding carboxylic acids is 1. The zero-order valence-electron chi connectivity index (χ0n) is 9.34. The maximum absolute atomic E-state index is 13.5. The van der Waals surface area contributed by atoms with Crippen molar-refractivity contribution in [3.8, 4) is 5.75 Å². The maximum Gasteiger partial charge on any atom is 0.258 e. The number of para-hydroxylation sites is 1. The molecule has 16 heavy (non-hydrogen) atoms. The fraction of sp³-hybridized carbons (Fsp3) is 0.417. The van der Waals surface area contributed by atoms with E-state index < -0.39 is 11.5 Å². The Morgan fingerprint density at radius 1 is 1.50 bits per heavy atom. The topological polar surface area (TPSA) is 38.3 Å². The van der Waals surface area contributed by atoms with Crippen LogP contribution in [0.3, 0.4) is 0 Å². The first kappa shape index (κ1) is 10.9. The number of fused-ring (bicyclic) bond motifs is 1. The summed E-state index contributed by atoms with van der Waals surface area (Å²) in [5.41, 5.74) is -0.547. The van der Waals surface area contributed by atoms with Crippen LogP contribution in [0.5, 0.6) is 5.75 Å². The number of carbonyl (C=O) groups is 1. The standard InChI is InChI=1S/C12H14FNO2/c1-3-7-12(2)14-11(15)8-5-4-6-9(13)10(8)16-12/h4-6H,3,7H2,1-2H3,(H,14,15). The van der Waals surface area contributed by atoms with Gasteiger partial charge in [0.05, 0.1) is 5.56 Å². The lowest BCUT2D eigenvalue weighted by Gasteiger charge is -2.36. The summed E-state index contributed by atoms with van der Waals surface area (Å²) in [6.45, 7) is 3.74. The number of halogens is 1. The summed E-state index contributed by atoms with van der Waals surface area (Å²) < 4.78 is 19.1. The smallest absolute Gasteiger partial charge is 0.258 e. The van der Waals surface area contributed by atoms with Gasteiger partial charge in [-0.2, -0.15) is 0 Å². The number of rotatable bonds is 2. The minimum Gasteiger partial charge on any atom is -0.464 e. The van der Waals surface area contributed by atoms with Gasteiger partial charge in [0.2, 0.25) is 0 Å². The second kappa shape index (κ2) is 3.77. The van der Waals surface area contributed by atoms with Gasteiger partial charge < -0.3 is 10.1 Å². The average Bonchev–Trinajstić information content (AvgIpc) is 2.20. The SMILES string of the molecule is CCCC1(C)NC(=O)c2cccc(F)c2O1. The molecule has 0 bridgehead atoms. The molecule has 2 rings (SSSR count). The summed E-state index contributed by atoms with van der Waals surface area (Å²) in [6, 6.07) is 4.35. The minimum absolute atomic E-state index is 0.0576. The van der Waals surface area contributed by atoms with Crippen molar-refractivity contribution in [3.63, 3.8) is 0 Å². The molecule has 0 aliphatic carbocycles. The largest absolute Gasteiger partial charge is 0.464 e. The number of hydrogen-bond acceptors (Lipinski definition) is 2. The molecule has 1 unspecified atom stereocenters. The summed E-state index contributed by atoms with van der Waals surface area (Å²) in [6.07, 6.45) is 1.49. The van der Waals surface area contributed by atoms with Gasteiger partial charge in [0, 0.05) is 6.42 Å². The molecule has 1 N–H and O–H groups in total. The Kier molecular flexibility index (Phi) is 2.58. The van der Waals surface area contributed by atoms with E-state index >= 15 is 0 Å². The molecule has 1 heterocycles. The second-order valence-corrected chi connectivity index (χ2v) is 4.15. The van der Waals surface area contributed by atoms with Crippen molar-refractivity contribution >= 4 is 5.91 Å². The van der Waals surface area contributed by atoms with Crippen molar-refractivity contribution < 1.29 is 13.9 Å². The molecule has 1 aromatic carbocycles. The van der Waals surface area contributed by atoms with Crippen LogP contribution in [0, 0.1) is 5.82 Å². The third-order valence-corrected chi connectivity index (χ3v) is 2.64. The van der Waals surface area contributed by atoms with Crippen LogP contribution >= 0.6 is 0 Å². The summed E-state index contributed by atoms with van der Waals surface area (Å²) in [5.74, 6) is -0.714. The summed E-state index contributed by atoms with van der Waals surface area (Å²) in [7, 11) is 0. The first-order valence-corrected chi connectivity index (χ1v) is 5.36. The highest BCUT2D eigenvalue weighted by molar-refractivity contribution is 5.98. The van der Waals surface area contributed by atoms with E-state index in [2.05, 4.69) is 5.32 Å². The van der Waals surface area contributed by atoms with Crippen LogP contribution < -0.4 is 10.1 Å². The Hall–Kier alpha value is -1.58. The zero-order chi connectivity index (χ0) is 11.8. The lowest BCUT2D eigenvalue weighted by Crippen LogP contribution is -2.53. The van der Waals surface area contributed by atoms with Crippen molar-refractivity contribution in [2.45, 2.75) is 32.4 Å².